The Hall–Kier alpha value is -3.01. The van der Waals surface area contributed by atoms with Crippen molar-refractivity contribution in [2.75, 3.05) is 0 Å². The fourth-order valence-corrected chi connectivity index (χ4v) is 1.44. The minimum absolute atomic E-state index is 0.0209. The lowest BCUT2D eigenvalue weighted by atomic mass is 10.2. The molecule has 0 amide bonds. The molecule has 0 unspecified atom stereocenters. The molecule has 94 valence electrons. The van der Waals surface area contributed by atoms with Gasteiger partial charge in [0.05, 0.1) is 11.1 Å². The molecule has 0 aliphatic heterocycles. The van der Waals surface area contributed by atoms with Crippen molar-refractivity contribution in [1.82, 2.24) is 10.2 Å². The van der Waals surface area contributed by atoms with Gasteiger partial charge in [-0.2, -0.15) is 10.4 Å². The summed E-state index contributed by atoms with van der Waals surface area (Å²) in [5, 5.41) is 27.1. The predicted molar refractivity (Wildman–Crippen MR) is 64.7 cm³/mol. The quantitative estimate of drug-likeness (QED) is 0.617. The third-order valence-electron chi connectivity index (χ3n) is 2.33. The molecule has 0 aliphatic rings. The Bertz CT molecular complexity index is 679. The first-order valence-electron chi connectivity index (χ1n) is 5.26. The van der Waals surface area contributed by atoms with Crippen LogP contribution in [0.5, 0.6) is 11.6 Å². The Morgan fingerprint density at radius 3 is 2.89 bits per heavy atom. The van der Waals surface area contributed by atoms with E-state index in [0.29, 0.717) is 0 Å². The molecule has 1 heterocycles. The molecule has 1 aromatic carbocycles. The van der Waals surface area contributed by atoms with Gasteiger partial charge in [-0.15, -0.1) is 5.10 Å². The lowest BCUT2D eigenvalue weighted by Gasteiger charge is -2.06. The predicted octanol–water partition coefficient (Wildman–Crippen LogP) is 2.36. The summed E-state index contributed by atoms with van der Waals surface area (Å²) in [6, 6.07) is 7.82. The van der Waals surface area contributed by atoms with Gasteiger partial charge in [-0.25, -0.2) is 0 Å². The first-order valence-corrected chi connectivity index (χ1v) is 5.26. The minimum atomic E-state index is -0.551. The fraction of sp³-hybridized carbons (Fsp3) is 0.0833. The average Bonchev–Trinajstić information content (AvgIpc) is 2.41. The van der Waals surface area contributed by atoms with Gasteiger partial charge in [0.15, 0.2) is 0 Å². The zero-order valence-corrected chi connectivity index (χ0v) is 9.90. The highest BCUT2D eigenvalue weighted by atomic mass is 16.6. The van der Waals surface area contributed by atoms with Gasteiger partial charge in [0.1, 0.15) is 11.6 Å². The summed E-state index contributed by atoms with van der Waals surface area (Å²) in [4.78, 5) is 10.4. The number of rotatable bonds is 3. The number of hydrogen-bond acceptors (Lipinski definition) is 6. The molecule has 1 aromatic heterocycles. The molecule has 7 nitrogen and oxygen atoms in total. The van der Waals surface area contributed by atoms with Crippen LogP contribution in [0.25, 0.3) is 0 Å². The number of ether oxygens (including phenoxy) is 1. The number of benzene rings is 1. The highest BCUT2D eigenvalue weighted by Crippen LogP contribution is 2.32. The second kappa shape index (κ2) is 5.10. The van der Waals surface area contributed by atoms with Gasteiger partial charge >= 0.3 is 5.69 Å². The van der Waals surface area contributed by atoms with Gasteiger partial charge in [-0.3, -0.25) is 10.1 Å². The lowest BCUT2D eigenvalue weighted by Crippen LogP contribution is -1.97. The summed E-state index contributed by atoms with van der Waals surface area (Å²) in [6.07, 6.45) is 1.34. The van der Waals surface area contributed by atoms with Crippen LogP contribution in [0, 0.1) is 28.4 Å². The van der Waals surface area contributed by atoms with Crippen molar-refractivity contribution in [3.05, 3.63) is 51.7 Å². The molecule has 0 N–H and O–H groups in total. The maximum Gasteiger partial charge on any atom is 0.311 e. The van der Waals surface area contributed by atoms with Crippen molar-refractivity contribution >= 4 is 5.69 Å². The number of aromatic nitrogens is 2. The Balaban J connectivity index is 2.44. The van der Waals surface area contributed by atoms with E-state index >= 15 is 0 Å². The van der Waals surface area contributed by atoms with Crippen molar-refractivity contribution in [2.45, 2.75) is 6.92 Å². The van der Waals surface area contributed by atoms with Crippen LogP contribution in [0.3, 0.4) is 0 Å². The second-order valence-corrected chi connectivity index (χ2v) is 3.69. The molecule has 0 radical (unpaired) electrons. The zero-order chi connectivity index (χ0) is 13.8. The summed E-state index contributed by atoms with van der Waals surface area (Å²) in [6.45, 7) is 1.74. The zero-order valence-electron chi connectivity index (χ0n) is 9.90. The molecule has 2 rings (SSSR count). The third-order valence-corrected chi connectivity index (χ3v) is 2.33. The highest BCUT2D eigenvalue weighted by Gasteiger charge is 2.17. The SMILES string of the molecule is Cc1ccc(Oc2nnccc2C#N)c([N+](=O)[O-])c1. The largest absolute Gasteiger partial charge is 0.429 e. The second-order valence-electron chi connectivity index (χ2n) is 3.69. The van der Waals surface area contributed by atoms with E-state index in [-0.39, 0.29) is 22.9 Å². The van der Waals surface area contributed by atoms with E-state index in [2.05, 4.69) is 10.2 Å². The Labute approximate surface area is 108 Å². The molecular formula is C12H8N4O3. The summed E-state index contributed by atoms with van der Waals surface area (Å²) in [7, 11) is 0. The highest BCUT2D eigenvalue weighted by molar-refractivity contribution is 5.51. The van der Waals surface area contributed by atoms with Crippen molar-refractivity contribution in [3.8, 4) is 17.7 Å². The van der Waals surface area contributed by atoms with Gasteiger partial charge in [0, 0.05) is 6.07 Å². The molecule has 0 saturated heterocycles. The van der Waals surface area contributed by atoms with E-state index in [4.69, 9.17) is 10.00 Å². The van der Waals surface area contributed by atoms with E-state index in [1.165, 1.54) is 24.4 Å². The number of hydrogen-bond donors (Lipinski definition) is 0. The molecular weight excluding hydrogens is 248 g/mol. The minimum Gasteiger partial charge on any atom is -0.429 e. The number of nitro benzene ring substituents is 1. The molecule has 0 saturated carbocycles. The van der Waals surface area contributed by atoms with Gasteiger partial charge in [-0.05, 0) is 24.6 Å². The molecule has 19 heavy (non-hydrogen) atoms. The van der Waals surface area contributed by atoms with Gasteiger partial charge in [-0.1, -0.05) is 6.07 Å². The fourth-order valence-electron chi connectivity index (χ4n) is 1.44. The monoisotopic (exact) mass is 256 g/mol. The Morgan fingerprint density at radius 1 is 1.42 bits per heavy atom. The molecule has 7 heteroatoms. The van der Waals surface area contributed by atoms with Crippen LogP contribution in [0.2, 0.25) is 0 Å². The molecule has 0 aliphatic carbocycles. The van der Waals surface area contributed by atoms with Crippen LogP contribution in [-0.2, 0) is 0 Å². The summed E-state index contributed by atoms with van der Waals surface area (Å²) in [5.41, 5.74) is 0.707. The van der Waals surface area contributed by atoms with Crippen LogP contribution in [0.4, 0.5) is 5.69 Å². The molecule has 2 aromatic rings. The van der Waals surface area contributed by atoms with Crippen molar-refractivity contribution < 1.29 is 9.66 Å². The van der Waals surface area contributed by atoms with Gasteiger partial charge in [0.2, 0.25) is 5.75 Å². The lowest BCUT2D eigenvalue weighted by molar-refractivity contribution is -0.385. The van der Waals surface area contributed by atoms with E-state index in [0.717, 1.165) is 5.56 Å². The third kappa shape index (κ3) is 2.63. The first-order chi connectivity index (χ1) is 9.11. The van der Waals surface area contributed by atoms with Gasteiger partial charge < -0.3 is 4.74 Å². The topological polar surface area (TPSA) is 102 Å². The standard InChI is InChI=1S/C12H8N4O3/c1-8-2-3-11(10(6-8)16(17)18)19-12-9(7-13)4-5-14-15-12/h2-6H,1H3. The van der Waals surface area contributed by atoms with Crippen LogP contribution in [-0.4, -0.2) is 15.1 Å². The average molecular weight is 256 g/mol. The summed E-state index contributed by atoms with van der Waals surface area (Å²) >= 11 is 0. The van der Waals surface area contributed by atoms with E-state index in [1.807, 2.05) is 6.07 Å². The molecule has 0 atom stereocenters. The van der Waals surface area contributed by atoms with Crippen LogP contribution in [0.15, 0.2) is 30.5 Å². The van der Waals surface area contributed by atoms with Crippen LogP contribution in [0.1, 0.15) is 11.1 Å². The Kier molecular flexibility index (Phi) is 3.34. The summed E-state index contributed by atoms with van der Waals surface area (Å²) in [5.74, 6) is -0.0375. The van der Waals surface area contributed by atoms with Crippen LogP contribution >= 0.6 is 0 Å². The van der Waals surface area contributed by atoms with Crippen molar-refractivity contribution in [2.24, 2.45) is 0 Å². The van der Waals surface area contributed by atoms with E-state index < -0.39 is 4.92 Å². The van der Waals surface area contributed by atoms with E-state index in [9.17, 15) is 10.1 Å². The molecule has 0 bridgehead atoms. The normalized spacial score (nSPS) is 9.68. The summed E-state index contributed by atoms with van der Waals surface area (Å²) < 4.78 is 5.31. The smallest absolute Gasteiger partial charge is 0.311 e. The number of aryl methyl sites for hydroxylation is 1. The number of nitro groups is 1. The first kappa shape index (κ1) is 12.4. The van der Waals surface area contributed by atoms with Crippen molar-refractivity contribution in [3.63, 3.8) is 0 Å². The number of nitriles is 1. The van der Waals surface area contributed by atoms with Gasteiger partial charge in [0.25, 0.3) is 5.88 Å². The maximum absolute atomic E-state index is 10.9. The maximum atomic E-state index is 10.9. The molecule has 0 spiro atoms. The van der Waals surface area contributed by atoms with Crippen LogP contribution < -0.4 is 4.74 Å². The molecule has 0 fully saturated rings. The van der Waals surface area contributed by atoms with Crippen molar-refractivity contribution in [1.29, 1.82) is 5.26 Å². The Morgan fingerprint density at radius 2 is 2.21 bits per heavy atom. The number of nitrogens with zero attached hydrogens (tertiary/aromatic N) is 4. The van der Waals surface area contributed by atoms with E-state index in [1.54, 1.807) is 13.0 Å².